The lowest BCUT2D eigenvalue weighted by atomic mass is 9.85. The van der Waals surface area contributed by atoms with Crippen LogP contribution in [-0.2, 0) is 6.42 Å². The van der Waals surface area contributed by atoms with Crippen LogP contribution in [0.1, 0.15) is 45.1 Å². The minimum absolute atomic E-state index is 0.893. The van der Waals surface area contributed by atoms with E-state index >= 15 is 0 Å². The molecule has 138 valence electrons. The Morgan fingerprint density at radius 1 is 0.778 bits per heavy atom. The summed E-state index contributed by atoms with van der Waals surface area (Å²) in [5.41, 5.74) is 10.1. The van der Waals surface area contributed by atoms with Gasteiger partial charge >= 0.3 is 0 Å². The molecule has 0 amide bonds. The van der Waals surface area contributed by atoms with Gasteiger partial charge < -0.3 is 4.90 Å². The van der Waals surface area contributed by atoms with Gasteiger partial charge in [0.1, 0.15) is 0 Å². The summed E-state index contributed by atoms with van der Waals surface area (Å²) in [6.45, 7) is 5.55. The molecule has 0 fully saturated rings. The van der Waals surface area contributed by atoms with Crippen molar-refractivity contribution in [2.75, 3.05) is 11.4 Å². The Balaban J connectivity index is 1.80. The van der Waals surface area contributed by atoms with Crippen molar-refractivity contribution >= 4 is 11.4 Å². The van der Waals surface area contributed by atoms with Crippen LogP contribution in [0.4, 0.5) is 11.4 Å². The quantitative estimate of drug-likeness (QED) is 0.553. The van der Waals surface area contributed by atoms with E-state index in [0.717, 1.165) is 13.0 Å². The SMILES string of the molecule is CC1=C(C2=C(\C)Cc3ccccc3N(c3ccccc3)C/C=C\2)CCCC1. The average molecular weight is 356 g/mol. The second-order valence-electron chi connectivity index (χ2n) is 7.81. The van der Waals surface area contributed by atoms with Crippen LogP contribution in [0, 0.1) is 0 Å². The maximum absolute atomic E-state index is 2.43. The number of anilines is 2. The van der Waals surface area contributed by atoms with Gasteiger partial charge in [0, 0.05) is 17.9 Å². The first kappa shape index (κ1) is 17.9. The predicted octanol–water partition coefficient (Wildman–Crippen LogP) is 7.14. The smallest absolute Gasteiger partial charge is 0.0449 e. The number of hydrogen-bond donors (Lipinski definition) is 0. The van der Waals surface area contributed by atoms with Crippen molar-refractivity contribution in [3.63, 3.8) is 0 Å². The van der Waals surface area contributed by atoms with E-state index in [9.17, 15) is 0 Å². The van der Waals surface area contributed by atoms with Crippen LogP contribution in [0.15, 0.2) is 89.0 Å². The standard InChI is InChI=1S/C26H29N/c1-20-11-6-8-15-24(20)25-16-10-18-27(23-13-4-3-5-14-23)26-17-9-7-12-22(26)19-21(25)2/h3-5,7,9-10,12-14,16-17H,6,8,11,15,18-19H2,1-2H3/b16-10-,25-21+. The largest absolute Gasteiger partial charge is 0.337 e. The van der Waals surface area contributed by atoms with E-state index in [0.29, 0.717) is 0 Å². The Kier molecular flexibility index (Phi) is 5.29. The molecule has 0 aromatic heterocycles. The molecule has 0 saturated carbocycles. The van der Waals surface area contributed by atoms with Gasteiger partial charge in [-0.15, -0.1) is 0 Å². The molecule has 1 aliphatic heterocycles. The van der Waals surface area contributed by atoms with Gasteiger partial charge in [0.05, 0.1) is 0 Å². The third-order valence-electron chi connectivity index (χ3n) is 5.91. The minimum atomic E-state index is 0.893. The molecule has 2 aromatic carbocycles. The molecular weight excluding hydrogens is 326 g/mol. The summed E-state index contributed by atoms with van der Waals surface area (Å²) in [6.07, 6.45) is 10.9. The average Bonchev–Trinajstić information content (AvgIpc) is 2.77. The van der Waals surface area contributed by atoms with E-state index in [-0.39, 0.29) is 0 Å². The Morgan fingerprint density at radius 3 is 2.33 bits per heavy atom. The Labute approximate surface area is 163 Å². The normalized spacial score (nSPS) is 21.9. The van der Waals surface area contributed by atoms with E-state index in [1.807, 2.05) is 0 Å². The highest BCUT2D eigenvalue weighted by molar-refractivity contribution is 5.68. The lowest BCUT2D eigenvalue weighted by Crippen LogP contribution is -2.18. The molecule has 0 N–H and O–H groups in total. The molecule has 0 radical (unpaired) electrons. The molecule has 0 spiro atoms. The van der Waals surface area contributed by atoms with Gasteiger partial charge in [0.2, 0.25) is 0 Å². The van der Waals surface area contributed by atoms with Gasteiger partial charge in [-0.3, -0.25) is 0 Å². The molecule has 0 unspecified atom stereocenters. The van der Waals surface area contributed by atoms with E-state index in [1.165, 1.54) is 53.8 Å². The molecule has 1 heterocycles. The molecule has 2 aromatic rings. The van der Waals surface area contributed by atoms with Crippen molar-refractivity contribution in [1.82, 2.24) is 0 Å². The Bertz CT molecular complexity index is 899. The van der Waals surface area contributed by atoms with Gasteiger partial charge in [0.25, 0.3) is 0 Å². The first-order chi connectivity index (χ1) is 13.2. The van der Waals surface area contributed by atoms with Crippen LogP contribution in [0.3, 0.4) is 0 Å². The Hall–Kier alpha value is -2.54. The molecule has 27 heavy (non-hydrogen) atoms. The highest BCUT2D eigenvalue weighted by Gasteiger charge is 2.18. The van der Waals surface area contributed by atoms with Crippen LogP contribution < -0.4 is 4.90 Å². The van der Waals surface area contributed by atoms with Crippen LogP contribution in [-0.4, -0.2) is 6.54 Å². The molecule has 1 heteroatoms. The van der Waals surface area contributed by atoms with E-state index in [4.69, 9.17) is 0 Å². The molecule has 1 nitrogen and oxygen atoms in total. The zero-order valence-electron chi connectivity index (χ0n) is 16.5. The fourth-order valence-corrected chi connectivity index (χ4v) is 4.45. The third kappa shape index (κ3) is 3.78. The number of hydrogen-bond acceptors (Lipinski definition) is 1. The second kappa shape index (κ2) is 8.00. The van der Waals surface area contributed by atoms with Gasteiger partial charge in [-0.05, 0) is 80.9 Å². The highest BCUT2D eigenvalue weighted by atomic mass is 15.1. The van der Waals surface area contributed by atoms with Crippen LogP contribution in [0.5, 0.6) is 0 Å². The van der Waals surface area contributed by atoms with Crippen molar-refractivity contribution in [3.8, 4) is 0 Å². The number of fused-ring (bicyclic) bond motifs is 1. The van der Waals surface area contributed by atoms with E-state index in [2.05, 4.69) is 85.5 Å². The first-order valence-corrected chi connectivity index (χ1v) is 10.2. The van der Waals surface area contributed by atoms with E-state index < -0.39 is 0 Å². The summed E-state index contributed by atoms with van der Waals surface area (Å²) >= 11 is 0. The van der Waals surface area contributed by atoms with Gasteiger partial charge in [-0.25, -0.2) is 0 Å². The maximum atomic E-state index is 2.43. The second-order valence-corrected chi connectivity index (χ2v) is 7.81. The summed E-state index contributed by atoms with van der Waals surface area (Å²) in [6, 6.07) is 19.6. The lowest BCUT2D eigenvalue weighted by Gasteiger charge is -2.26. The van der Waals surface area contributed by atoms with Crippen molar-refractivity contribution < 1.29 is 0 Å². The zero-order chi connectivity index (χ0) is 18.6. The third-order valence-corrected chi connectivity index (χ3v) is 5.91. The summed E-state index contributed by atoms with van der Waals surface area (Å²) < 4.78 is 0. The van der Waals surface area contributed by atoms with Gasteiger partial charge in [-0.2, -0.15) is 0 Å². The van der Waals surface area contributed by atoms with Crippen LogP contribution in [0.2, 0.25) is 0 Å². The number of allylic oxidation sites excluding steroid dienone is 5. The molecule has 0 atom stereocenters. The van der Waals surface area contributed by atoms with Crippen molar-refractivity contribution in [1.29, 1.82) is 0 Å². The topological polar surface area (TPSA) is 3.24 Å². The summed E-state index contributed by atoms with van der Waals surface area (Å²) in [4.78, 5) is 2.43. The summed E-state index contributed by atoms with van der Waals surface area (Å²) in [5, 5.41) is 0. The molecule has 0 saturated heterocycles. The van der Waals surface area contributed by atoms with Crippen LogP contribution >= 0.6 is 0 Å². The van der Waals surface area contributed by atoms with Crippen LogP contribution in [0.25, 0.3) is 0 Å². The van der Waals surface area contributed by atoms with Gasteiger partial charge in [-0.1, -0.05) is 59.7 Å². The molecule has 4 rings (SSSR count). The number of nitrogens with zero attached hydrogens (tertiary/aromatic N) is 1. The van der Waals surface area contributed by atoms with Gasteiger partial charge in [0.15, 0.2) is 0 Å². The van der Waals surface area contributed by atoms with Crippen molar-refractivity contribution in [2.24, 2.45) is 0 Å². The first-order valence-electron chi connectivity index (χ1n) is 10.2. The van der Waals surface area contributed by atoms with Crippen molar-refractivity contribution in [3.05, 3.63) is 94.6 Å². The Morgan fingerprint density at radius 2 is 1.52 bits per heavy atom. The fourth-order valence-electron chi connectivity index (χ4n) is 4.45. The molecule has 2 aliphatic rings. The number of benzene rings is 2. The van der Waals surface area contributed by atoms with Crippen molar-refractivity contribution in [2.45, 2.75) is 46.0 Å². The number of rotatable bonds is 2. The monoisotopic (exact) mass is 355 g/mol. The van der Waals surface area contributed by atoms with E-state index in [1.54, 1.807) is 11.1 Å². The summed E-state index contributed by atoms with van der Waals surface area (Å²) in [7, 11) is 0. The fraction of sp³-hybridized carbons (Fsp3) is 0.308. The minimum Gasteiger partial charge on any atom is -0.337 e. The molecule has 0 bridgehead atoms. The highest BCUT2D eigenvalue weighted by Crippen LogP contribution is 2.36. The predicted molar refractivity (Wildman–Crippen MR) is 117 cm³/mol. The molecular formula is C26H29N. The molecule has 1 aliphatic carbocycles. The zero-order valence-corrected chi connectivity index (χ0v) is 16.5. The lowest BCUT2D eigenvalue weighted by molar-refractivity contribution is 0.677. The summed E-state index contributed by atoms with van der Waals surface area (Å²) in [5.74, 6) is 0. The number of para-hydroxylation sites is 2. The maximum Gasteiger partial charge on any atom is 0.0449 e.